The minimum Gasteiger partial charge on any atom is -0.379 e. The molecule has 0 heterocycles. The van der Waals surface area contributed by atoms with E-state index in [1.54, 1.807) is 0 Å². The molecule has 0 saturated heterocycles. The molecule has 0 saturated carbocycles. The van der Waals surface area contributed by atoms with Gasteiger partial charge in [-0.15, -0.1) is 0 Å². The van der Waals surface area contributed by atoms with Gasteiger partial charge in [0.25, 0.3) is 0 Å². The maximum atomic E-state index is 6.36. The van der Waals surface area contributed by atoms with Crippen LogP contribution in [0, 0.1) is 0 Å². The van der Waals surface area contributed by atoms with Gasteiger partial charge in [-0.1, -0.05) is 140 Å². The van der Waals surface area contributed by atoms with E-state index in [2.05, 4.69) is 78.4 Å². The van der Waals surface area contributed by atoms with Crippen molar-refractivity contribution in [3.05, 3.63) is 48.6 Å². The molecule has 1 unspecified atom stereocenters. The number of hydrogen-bond donors (Lipinski definition) is 4. The molecule has 0 spiro atoms. The van der Waals surface area contributed by atoms with E-state index < -0.39 is 0 Å². The largest absolute Gasteiger partial charge is 0.379 e. The third kappa shape index (κ3) is 48.8. The van der Waals surface area contributed by atoms with Crippen LogP contribution in [0.25, 0.3) is 0 Å². The standard InChI is InChI=1S/C49H96N4O2/c1-3-5-7-9-11-13-15-17-19-21-23-25-27-29-31-35-45-54-48-49(47-53-44-38-43-52-41-34-33-40-51-42-37-39-50)55-46-36-32-30-28-26-24-22-20-18-16-14-12-10-8-6-4-2/h11-14,17-20,49,51-53H,3-10,15-16,21-48,50H2,1-2H3/b13-11-,14-12-,19-17-,20-18-. The minimum absolute atomic E-state index is 0.141. The van der Waals surface area contributed by atoms with Crippen molar-refractivity contribution in [1.29, 1.82) is 0 Å². The predicted molar refractivity (Wildman–Crippen MR) is 245 cm³/mol. The first-order valence-electron chi connectivity index (χ1n) is 24.0. The number of unbranched alkanes of at least 4 members (excludes halogenated alkanes) is 19. The van der Waals surface area contributed by atoms with Gasteiger partial charge in [0.15, 0.2) is 0 Å². The highest BCUT2D eigenvalue weighted by atomic mass is 16.5. The Morgan fingerprint density at radius 1 is 0.418 bits per heavy atom. The lowest BCUT2D eigenvalue weighted by Crippen LogP contribution is -2.34. The highest BCUT2D eigenvalue weighted by Crippen LogP contribution is 2.11. The Kier molecular flexibility index (Phi) is 49.6. The highest BCUT2D eigenvalue weighted by molar-refractivity contribution is 4.93. The molecular weight excluding hydrogens is 677 g/mol. The number of hydrogen-bond acceptors (Lipinski definition) is 6. The Hall–Kier alpha value is -1.28. The molecular formula is C49H96N4O2. The van der Waals surface area contributed by atoms with E-state index in [-0.39, 0.29) is 6.10 Å². The summed E-state index contributed by atoms with van der Waals surface area (Å²) in [5, 5.41) is 10.7. The maximum Gasteiger partial charge on any atom is 0.0932 e. The van der Waals surface area contributed by atoms with Crippen molar-refractivity contribution in [3.63, 3.8) is 0 Å². The summed E-state index contributed by atoms with van der Waals surface area (Å²) >= 11 is 0. The second-order valence-corrected chi connectivity index (χ2v) is 15.6. The normalized spacial score (nSPS) is 12.9. The van der Waals surface area contributed by atoms with E-state index in [1.807, 2.05) is 0 Å². The summed E-state index contributed by atoms with van der Waals surface area (Å²) in [5.41, 5.74) is 5.55. The zero-order valence-corrected chi connectivity index (χ0v) is 37.0. The molecule has 0 aromatic rings. The van der Waals surface area contributed by atoms with Crippen molar-refractivity contribution in [2.24, 2.45) is 5.73 Å². The molecule has 5 N–H and O–H groups in total. The molecule has 6 nitrogen and oxygen atoms in total. The van der Waals surface area contributed by atoms with Crippen LogP contribution >= 0.6 is 0 Å². The lowest BCUT2D eigenvalue weighted by Gasteiger charge is -2.19. The van der Waals surface area contributed by atoms with E-state index in [9.17, 15) is 0 Å². The fourth-order valence-corrected chi connectivity index (χ4v) is 6.49. The third-order valence-electron chi connectivity index (χ3n) is 10.1. The number of allylic oxidation sites excluding steroid dienone is 8. The Labute approximate surface area is 344 Å². The molecule has 324 valence electrons. The number of nitrogens with two attached hydrogens (primary N) is 1. The van der Waals surface area contributed by atoms with Crippen LogP contribution in [0.4, 0.5) is 0 Å². The van der Waals surface area contributed by atoms with Crippen LogP contribution in [0.2, 0.25) is 0 Å². The van der Waals surface area contributed by atoms with Crippen LogP contribution in [0.15, 0.2) is 48.6 Å². The van der Waals surface area contributed by atoms with Crippen molar-refractivity contribution in [2.45, 2.75) is 200 Å². The number of rotatable bonds is 47. The first-order chi connectivity index (χ1) is 27.3. The molecule has 1 atom stereocenters. The second-order valence-electron chi connectivity index (χ2n) is 15.6. The third-order valence-corrected chi connectivity index (χ3v) is 10.1. The van der Waals surface area contributed by atoms with Crippen LogP contribution in [-0.2, 0) is 9.47 Å². The summed E-state index contributed by atoms with van der Waals surface area (Å²) in [6.07, 6.45) is 54.2. The summed E-state index contributed by atoms with van der Waals surface area (Å²) in [6, 6.07) is 0. The average molecular weight is 773 g/mol. The topological polar surface area (TPSA) is 80.6 Å². The van der Waals surface area contributed by atoms with Gasteiger partial charge < -0.3 is 31.2 Å². The van der Waals surface area contributed by atoms with Crippen molar-refractivity contribution in [3.8, 4) is 0 Å². The number of nitrogens with one attached hydrogen (secondary N) is 3. The Balaban J connectivity index is 4.03. The smallest absolute Gasteiger partial charge is 0.0932 e. The molecule has 0 amide bonds. The Morgan fingerprint density at radius 2 is 0.836 bits per heavy atom. The molecule has 0 radical (unpaired) electrons. The van der Waals surface area contributed by atoms with Crippen LogP contribution in [0.3, 0.4) is 0 Å². The first kappa shape index (κ1) is 53.7. The first-order valence-corrected chi connectivity index (χ1v) is 24.0. The molecule has 0 aromatic carbocycles. The van der Waals surface area contributed by atoms with E-state index in [1.165, 1.54) is 141 Å². The van der Waals surface area contributed by atoms with Gasteiger partial charge in [0.2, 0.25) is 0 Å². The average Bonchev–Trinajstić information content (AvgIpc) is 3.20. The highest BCUT2D eigenvalue weighted by Gasteiger charge is 2.09. The van der Waals surface area contributed by atoms with Gasteiger partial charge >= 0.3 is 0 Å². The molecule has 0 bridgehead atoms. The van der Waals surface area contributed by atoms with Gasteiger partial charge in [0.1, 0.15) is 0 Å². The van der Waals surface area contributed by atoms with E-state index in [0.717, 1.165) is 97.6 Å². The number of ether oxygens (including phenoxy) is 2. The summed E-state index contributed by atoms with van der Waals surface area (Å²) in [6.45, 7) is 13.9. The van der Waals surface area contributed by atoms with Crippen LogP contribution < -0.4 is 21.7 Å². The van der Waals surface area contributed by atoms with Crippen LogP contribution in [0.1, 0.15) is 194 Å². The zero-order chi connectivity index (χ0) is 39.6. The molecule has 6 heteroatoms. The van der Waals surface area contributed by atoms with Crippen molar-refractivity contribution in [2.75, 3.05) is 65.6 Å². The van der Waals surface area contributed by atoms with Gasteiger partial charge in [0, 0.05) is 19.8 Å². The predicted octanol–water partition coefficient (Wildman–Crippen LogP) is 12.3. The molecule has 0 fully saturated rings. The van der Waals surface area contributed by atoms with Crippen molar-refractivity contribution in [1.82, 2.24) is 16.0 Å². The monoisotopic (exact) mass is 773 g/mol. The summed E-state index contributed by atoms with van der Waals surface area (Å²) in [7, 11) is 0. The van der Waals surface area contributed by atoms with Gasteiger partial charge in [-0.25, -0.2) is 0 Å². The molecule has 0 rings (SSSR count). The molecule has 0 aromatic heterocycles. The molecule has 0 aliphatic carbocycles. The van der Waals surface area contributed by atoms with Crippen LogP contribution in [-0.4, -0.2) is 71.7 Å². The fraction of sp³-hybridized carbons (Fsp3) is 0.837. The van der Waals surface area contributed by atoms with E-state index in [0.29, 0.717) is 6.61 Å². The maximum absolute atomic E-state index is 6.36. The molecule has 0 aliphatic rings. The summed E-state index contributed by atoms with van der Waals surface area (Å²) in [4.78, 5) is 0. The van der Waals surface area contributed by atoms with Gasteiger partial charge in [-0.05, 0) is 142 Å². The SMILES string of the molecule is CCCCC/C=C\C/C=C\CCCCCCCCOCC(CNCCCNCCCCNCCCN)OCCCCCCCC/C=C\C/C=C\CCCCC. The van der Waals surface area contributed by atoms with Crippen LogP contribution in [0.5, 0.6) is 0 Å². The lowest BCUT2D eigenvalue weighted by molar-refractivity contribution is -0.0175. The Morgan fingerprint density at radius 3 is 1.35 bits per heavy atom. The van der Waals surface area contributed by atoms with Gasteiger partial charge in [0.05, 0.1) is 12.7 Å². The second kappa shape index (κ2) is 50.7. The summed E-state index contributed by atoms with van der Waals surface area (Å²) in [5.74, 6) is 0. The van der Waals surface area contributed by atoms with E-state index >= 15 is 0 Å². The Bertz CT molecular complexity index is 815. The van der Waals surface area contributed by atoms with Crippen molar-refractivity contribution >= 4 is 0 Å². The lowest BCUT2D eigenvalue weighted by atomic mass is 10.1. The molecule has 55 heavy (non-hydrogen) atoms. The molecule has 0 aliphatic heterocycles. The fourth-order valence-electron chi connectivity index (χ4n) is 6.49. The summed E-state index contributed by atoms with van der Waals surface area (Å²) < 4.78 is 12.5. The van der Waals surface area contributed by atoms with Gasteiger partial charge in [-0.2, -0.15) is 0 Å². The minimum atomic E-state index is 0.141. The van der Waals surface area contributed by atoms with Crippen molar-refractivity contribution < 1.29 is 9.47 Å². The van der Waals surface area contributed by atoms with E-state index in [4.69, 9.17) is 15.2 Å². The zero-order valence-electron chi connectivity index (χ0n) is 37.0. The van der Waals surface area contributed by atoms with Gasteiger partial charge in [-0.3, -0.25) is 0 Å². The quantitative estimate of drug-likeness (QED) is 0.0364.